The fraction of sp³-hybridized carbons (Fsp3) is 0.424. The number of likely N-dealkylation sites (N-methyl/N-ethyl adjacent to an activating group) is 1. The van der Waals surface area contributed by atoms with Crippen LogP contribution in [-0.2, 0) is 25.7 Å². The Morgan fingerprint density at radius 1 is 1.05 bits per heavy atom. The van der Waals surface area contributed by atoms with Crippen molar-refractivity contribution in [2.75, 3.05) is 18.0 Å². The molecule has 0 spiro atoms. The van der Waals surface area contributed by atoms with E-state index in [1.807, 2.05) is 44.2 Å². The molecule has 0 saturated carbocycles. The van der Waals surface area contributed by atoms with E-state index in [1.54, 1.807) is 18.2 Å². The van der Waals surface area contributed by atoms with E-state index in [-0.39, 0.29) is 33.4 Å². The molecule has 44 heavy (non-hydrogen) atoms. The van der Waals surface area contributed by atoms with Crippen LogP contribution in [0.1, 0.15) is 71.4 Å². The number of rotatable bonds is 12. The van der Waals surface area contributed by atoms with Crippen LogP contribution >= 0.6 is 0 Å². The molecule has 4 rings (SSSR count). The van der Waals surface area contributed by atoms with Crippen LogP contribution in [0.15, 0.2) is 77.4 Å². The number of unbranched alkanes of at least 4 members (excludes halogenated alkanes) is 2. The average molecular weight is 625 g/mol. The molecule has 236 valence electrons. The quantitative estimate of drug-likeness (QED) is 0.0927. The Kier molecular flexibility index (Phi) is 9.53. The van der Waals surface area contributed by atoms with Crippen LogP contribution in [0.4, 0.5) is 17.1 Å². The number of benzene rings is 2. The van der Waals surface area contributed by atoms with E-state index in [4.69, 9.17) is 5.11 Å². The van der Waals surface area contributed by atoms with Gasteiger partial charge in [-0.15, -0.1) is 0 Å². The van der Waals surface area contributed by atoms with Gasteiger partial charge < -0.3 is 10.0 Å². The third-order valence-electron chi connectivity index (χ3n) is 9.00. The fourth-order valence-electron chi connectivity index (χ4n) is 6.66. The number of carbonyl (C=O) groups is 1. The van der Waals surface area contributed by atoms with Crippen LogP contribution in [-0.4, -0.2) is 48.1 Å². The topological polar surface area (TPSA) is 142 Å². The summed E-state index contributed by atoms with van der Waals surface area (Å²) in [6.45, 7) is 11.8. The minimum Gasteiger partial charge on any atom is -0.481 e. The Hall–Kier alpha value is -3.80. The van der Waals surface area contributed by atoms with Crippen molar-refractivity contribution >= 4 is 33.1 Å². The van der Waals surface area contributed by atoms with E-state index in [0.717, 1.165) is 47.6 Å². The van der Waals surface area contributed by atoms with E-state index in [0.29, 0.717) is 13.0 Å². The Morgan fingerprint density at radius 2 is 1.77 bits per heavy atom. The molecule has 0 bridgehead atoms. The molecule has 0 saturated heterocycles. The van der Waals surface area contributed by atoms with Crippen LogP contribution in [0.3, 0.4) is 0 Å². The molecule has 2 aromatic rings. The number of carboxylic acids is 1. The maximum Gasteiger partial charge on any atom is 0.303 e. The number of hydrogen-bond acceptors (Lipinski definition) is 6. The summed E-state index contributed by atoms with van der Waals surface area (Å²) in [6.07, 6.45) is 12.3. The zero-order chi connectivity index (χ0) is 32.4. The number of nitro benzene ring substituents is 1. The van der Waals surface area contributed by atoms with Crippen molar-refractivity contribution in [3.05, 3.63) is 93.7 Å². The summed E-state index contributed by atoms with van der Waals surface area (Å²) < 4.78 is 33.5. The van der Waals surface area contributed by atoms with Gasteiger partial charge in [0.25, 0.3) is 15.8 Å². The largest absolute Gasteiger partial charge is 0.481 e. The molecule has 2 atom stereocenters. The van der Waals surface area contributed by atoms with Crippen molar-refractivity contribution in [2.45, 2.75) is 82.1 Å². The minimum absolute atomic E-state index is 0.0788. The van der Waals surface area contributed by atoms with Gasteiger partial charge >= 0.3 is 5.97 Å². The predicted molar refractivity (Wildman–Crippen MR) is 170 cm³/mol. The molecule has 2 aromatic carbocycles. The van der Waals surface area contributed by atoms with Crippen LogP contribution < -0.4 is 9.80 Å². The van der Waals surface area contributed by atoms with Gasteiger partial charge in [0, 0.05) is 53.5 Å². The molecule has 0 aliphatic carbocycles. The molecule has 2 aliphatic rings. The predicted octanol–water partition coefficient (Wildman–Crippen LogP) is 5.48. The van der Waals surface area contributed by atoms with E-state index in [2.05, 4.69) is 31.7 Å². The number of anilines is 1. The summed E-state index contributed by atoms with van der Waals surface area (Å²) in [6, 6.07) is 9.86. The molecule has 2 aliphatic heterocycles. The lowest BCUT2D eigenvalue weighted by Crippen LogP contribution is -3.10. The van der Waals surface area contributed by atoms with E-state index in [1.165, 1.54) is 17.0 Å². The van der Waals surface area contributed by atoms with Gasteiger partial charge in [-0.2, -0.15) is 8.42 Å². The second-order valence-corrected chi connectivity index (χ2v) is 13.9. The Morgan fingerprint density at radius 3 is 2.41 bits per heavy atom. The number of nitrogens with one attached hydrogen (secondary N) is 1. The number of carboxylic acid groups (broad SMARTS) is 1. The number of nitrogens with zero attached hydrogens (tertiary/aromatic N) is 2. The van der Waals surface area contributed by atoms with Crippen LogP contribution in [0.5, 0.6) is 0 Å². The monoisotopic (exact) mass is 624 g/mol. The first-order chi connectivity index (χ1) is 20.6. The lowest BCUT2D eigenvalue weighted by molar-refractivity contribution is -0.848. The maximum absolute atomic E-state index is 11.9. The second-order valence-electron chi connectivity index (χ2n) is 12.5. The Labute approximate surface area is 259 Å². The summed E-state index contributed by atoms with van der Waals surface area (Å²) in [5.41, 5.74) is 3.90. The van der Waals surface area contributed by atoms with Gasteiger partial charge in [0.05, 0.1) is 21.8 Å². The van der Waals surface area contributed by atoms with E-state index >= 15 is 0 Å². The first-order valence-electron chi connectivity index (χ1n) is 14.9. The summed E-state index contributed by atoms with van der Waals surface area (Å²) in [5.74, 6) is -0.816. The fourth-order valence-corrected chi connectivity index (χ4v) is 7.17. The van der Waals surface area contributed by atoms with Gasteiger partial charge in [-0.25, -0.2) is 0 Å². The van der Waals surface area contributed by atoms with Gasteiger partial charge in [-0.3, -0.25) is 24.4 Å². The molecule has 0 radical (unpaired) electrons. The summed E-state index contributed by atoms with van der Waals surface area (Å²) in [4.78, 5) is 25.2. The summed E-state index contributed by atoms with van der Waals surface area (Å²) in [5, 5.41) is 20.4. The first-order valence-corrected chi connectivity index (χ1v) is 16.4. The molecule has 11 heteroatoms. The number of non-ortho nitro benzene ring substituents is 1. The molecular formula is C33H42N3O7S+. The maximum atomic E-state index is 11.9. The molecule has 3 N–H and O–H groups in total. The normalized spacial score (nSPS) is 21.3. The van der Waals surface area contributed by atoms with Crippen molar-refractivity contribution in [1.82, 2.24) is 0 Å². The smallest absolute Gasteiger partial charge is 0.303 e. The van der Waals surface area contributed by atoms with E-state index in [9.17, 15) is 27.9 Å². The minimum atomic E-state index is -4.37. The number of quaternary nitrogens is 1. The van der Waals surface area contributed by atoms with Crippen molar-refractivity contribution in [3.8, 4) is 0 Å². The molecule has 0 amide bonds. The van der Waals surface area contributed by atoms with Gasteiger partial charge in [0.2, 0.25) is 0 Å². The zero-order valence-corrected chi connectivity index (χ0v) is 26.7. The lowest BCUT2D eigenvalue weighted by Gasteiger charge is -2.27. The first kappa shape index (κ1) is 33.1. The van der Waals surface area contributed by atoms with Gasteiger partial charge in [0.15, 0.2) is 0 Å². The third kappa shape index (κ3) is 6.50. The molecule has 0 fully saturated rings. The summed E-state index contributed by atoms with van der Waals surface area (Å²) >= 11 is 0. The molecule has 10 nitrogen and oxygen atoms in total. The van der Waals surface area contributed by atoms with Crippen molar-refractivity contribution in [1.29, 1.82) is 0 Å². The van der Waals surface area contributed by atoms with Crippen molar-refractivity contribution < 1.29 is 32.7 Å². The Bertz CT molecular complexity index is 1640. The van der Waals surface area contributed by atoms with Gasteiger partial charge in [-0.1, -0.05) is 38.5 Å². The number of aliphatic carboxylic acids is 1. The highest BCUT2D eigenvalue weighted by Gasteiger charge is 2.48. The third-order valence-corrected chi connectivity index (χ3v) is 9.85. The highest BCUT2D eigenvalue weighted by atomic mass is 32.2. The second kappa shape index (κ2) is 12.7. The van der Waals surface area contributed by atoms with Gasteiger partial charge in [0.1, 0.15) is 11.7 Å². The molecule has 0 aromatic heterocycles. The average Bonchev–Trinajstić information content (AvgIpc) is 3.29. The zero-order valence-electron chi connectivity index (χ0n) is 25.9. The van der Waals surface area contributed by atoms with E-state index < -0.39 is 21.5 Å². The number of fused-ring (bicyclic) bond motifs is 2. The van der Waals surface area contributed by atoms with Crippen molar-refractivity contribution in [3.63, 3.8) is 0 Å². The standard InChI is InChI=1S/C33H41N3O7S/c1-6-34-27-18-16-23(36(39)40)21-25(27)32(2,3)29(34)13-9-7-10-14-30-33(4,5)26-22-24(44(41,42)43)17-19-28(26)35(30)20-12-8-11-15-31(37)38/h7,9-10,13-14,16-19,21-22,29H,6,8,11-12,15,20H2,1-5H3,(H,37,38)(H,41,42,43)/p+1/b10-7+,13-9+,30-14-. The summed E-state index contributed by atoms with van der Waals surface area (Å²) in [7, 11) is -4.37. The number of nitro groups is 1. The van der Waals surface area contributed by atoms with Crippen molar-refractivity contribution in [2.24, 2.45) is 0 Å². The molecular weight excluding hydrogens is 582 g/mol. The number of allylic oxidation sites excluding steroid dienone is 5. The lowest BCUT2D eigenvalue weighted by atomic mass is 9.80. The highest BCUT2D eigenvalue weighted by molar-refractivity contribution is 7.85. The SMILES string of the molecule is CC[NH+]1c2ccc([N+](=O)[O-])cc2C(C)(C)C1/C=C/C=C/C=C1\N(CCCCCC(=O)O)c2ccc(S(=O)(=O)O)cc2C1(C)C. The molecule has 2 unspecified atom stereocenters. The van der Waals surface area contributed by atoms with Crippen LogP contribution in [0.25, 0.3) is 0 Å². The van der Waals surface area contributed by atoms with Gasteiger partial charge in [-0.05, 0) is 69.5 Å². The molecule has 2 heterocycles. The number of hydrogen-bond donors (Lipinski definition) is 3. The highest BCUT2D eigenvalue weighted by Crippen LogP contribution is 2.48. The Balaban J connectivity index is 1.60. The van der Waals surface area contributed by atoms with Crippen LogP contribution in [0.2, 0.25) is 0 Å². The van der Waals surface area contributed by atoms with Crippen LogP contribution in [0, 0.1) is 10.1 Å².